The first kappa shape index (κ1) is 11.6. The van der Waals surface area contributed by atoms with E-state index in [4.69, 9.17) is 0 Å². The highest BCUT2D eigenvalue weighted by Gasteiger charge is 2.18. The van der Waals surface area contributed by atoms with E-state index in [1.165, 1.54) is 12.8 Å². The topological polar surface area (TPSA) is 0 Å². The molecule has 0 nitrogen and oxygen atoms in total. The number of allylic oxidation sites excluding steroid dienone is 4. The van der Waals surface area contributed by atoms with Gasteiger partial charge in [0.25, 0.3) is 0 Å². The van der Waals surface area contributed by atoms with Gasteiger partial charge >= 0.3 is 0 Å². The van der Waals surface area contributed by atoms with Crippen LogP contribution in [0.4, 0.5) is 0 Å². The summed E-state index contributed by atoms with van der Waals surface area (Å²) in [6.45, 7) is 9.43. The third-order valence-electron chi connectivity index (χ3n) is 3.63. The average Bonchev–Trinajstić information content (AvgIpc) is 2.19. The summed E-state index contributed by atoms with van der Waals surface area (Å²) in [5.41, 5.74) is 0. The van der Waals surface area contributed by atoms with E-state index < -0.39 is 0 Å². The lowest BCUT2D eigenvalue weighted by molar-refractivity contribution is 0.288. The Bertz CT molecular complexity index is 210. The van der Waals surface area contributed by atoms with Gasteiger partial charge in [-0.25, -0.2) is 0 Å². The second kappa shape index (κ2) is 5.38. The molecule has 0 heterocycles. The van der Waals surface area contributed by atoms with E-state index in [1.807, 2.05) is 0 Å². The lowest BCUT2D eigenvalue weighted by atomic mass is 9.80. The Hall–Kier alpha value is -0.520. The smallest absolute Gasteiger partial charge is 0.0170 e. The molecule has 0 aromatic heterocycles. The van der Waals surface area contributed by atoms with Crippen LogP contribution >= 0.6 is 0 Å². The second-order valence-corrected chi connectivity index (χ2v) is 5.15. The summed E-state index contributed by atoms with van der Waals surface area (Å²) in [4.78, 5) is 0. The van der Waals surface area contributed by atoms with Gasteiger partial charge in [0.2, 0.25) is 0 Å². The molecule has 80 valence electrons. The third kappa shape index (κ3) is 3.32. The van der Waals surface area contributed by atoms with Crippen LogP contribution in [0, 0.1) is 23.7 Å². The van der Waals surface area contributed by atoms with Crippen LogP contribution in [0.5, 0.6) is 0 Å². The standard InChI is InChI=1S/C14H24/c1-11(2)12(3)10-13(4)14-8-6-5-7-9-14/h5-8,11-14H,9-10H2,1-4H3. The van der Waals surface area contributed by atoms with Gasteiger partial charge in [0.1, 0.15) is 0 Å². The molecule has 0 aromatic rings. The van der Waals surface area contributed by atoms with Crippen LogP contribution in [0.15, 0.2) is 24.3 Å². The molecule has 3 unspecified atom stereocenters. The fourth-order valence-corrected chi connectivity index (χ4v) is 2.06. The first-order valence-corrected chi connectivity index (χ1v) is 5.94. The molecule has 0 saturated carbocycles. The lowest BCUT2D eigenvalue weighted by Gasteiger charge is -2.26. The number of hydrogen-bond acceptors (Lipinski definition) is 0. The molecule has 0 saturated heterocycles. The molecule has 0 bridgehead atoms. The van der Waals surface area contributed by atoms with Gasteiger partial charge in [-0.15, -0.1) is 0 Å². The van der Waals surface area contributed by atoms with Crippen molar-refractivity contribution < 1.29 is 0 Å². The molecule has 0 aromatic carbocycles. The van der Waals surface area contributed by atoms with Crippen molar-refractivity contribution in [2.75, 3.05) is 0 Å². The molecule has 1 rings (SSSR count). The van der Waals surface area contributed by atoms with E-state index in [2.05, 4.69) is 52.0 Å². The van der Waals surface area contributed by atoms with Gasteiger partial charge in [0.05, 0.1) is 0 Å². The Balaban J connectivity index is 2.38. The van der Waals surface area contributed by atoms with Gasteiger partial charge < -0.3 is 0 Å². The van der Waals surface area contributed by atoms with Gasteiger partial charge in [-0.1, -0.05) is 52.0 Å². The van der Waals surface area contributed by atoms with Crippen molar-refractivity contribution in [1.29, 1.82) is 0 Å². The number of rotatable bonds is 4. The normalized spacial score (nSPS) is 25.4. The molecule has 1 aliphatic carbocycles. The highest BCUT2D eigenvalue weighted by atomic mass is 14.2. The SMILES string of the molecule is CC(C)C(C)CC(C)C1C=CC=CC1. The summed E-state index contributed by atoms with van der Waals surface area (Å²) >= 11 is 0. The van der Waals surface area contributed by atoms with Crippen LogP contribution in [0.25, 0.3) is 0 Å². The summed E-state index contributed by atoms with van der Waals surface area (Å²) in [5, 5.41) is 0. The maximum absolute atomic E-state index is 2.40. The van der Waals surface area contributed by atoms with Gasteiger partial charge in [0, 0.05) is 0 Å². The zero-order chi connectivity index (χ0) is 10.6. The van der Waals surface area contributed by atoms with Gasteiger partial charge in [0.15, 0.2) is 0 Å². The fourth-order valence-electron chi connectivity index (χ4n) is 2.06. The molecule has 3 atom stereocenters. The molecule has 0 aliphatic heterocycles. The van der Waals surface area contributed by atoms with Crippen LogP contribution in [0.2, 0.25) is 0 Å². The Morgan fingerprint density at radius 2 is 1.86 bits per heavy atom. The van der Waals surface area contributed by atoms with Crippen molar-refractivity contribution in [3.05, 3.63) is 24.3 Å². The molecule has 1 aliphatic rings. The maximum atomic E-state index is 2.40. The molecule has 0 heteroatoms. The summed E-state index contributed by atoms with van der Waals surface area (Å²) in [7, 11) is 0. The lowest BCUT2D eigenvalue weighted by Crippen LogP contribution is -2.16. The van der Waals surface area contributed by atoms with Crippen molar-refractivity contribution >= 4 is 0 Å². The molecular weight excluding hydrogens is 168 g/mol. The van der Waals surface area contributed by atoms with Crippen molar-refractivity contribution in [2.45, 2.75) is 40.5 Å². The van der Waals surface area contributed by atoms with Gasteiger partial charge in [-0.3, -0.25) is 0 Å². The molecule has 14 heavy (non-hydrogen) atoms. The van der Waals surface area contributed by atoms with Crippen molar-refractivity contribution in [3.63, 3.8) is 0 Å². The van der Waals surface area contributed by atoms with E-state index in [0.717, 1.165) is 23.7 Å². The van der Waals surface area contributed by atoms with E-state index in [-0.39, 0.29) is 0 Å². The van der Waals surface area contributed by atoms with Crippen LogP contribution in [-0.4, -0.2) is 0 Å². The van der Waals surface area contributed by atoms with Crippen molar-refractivity contribution in [1.82, 2.24) is 0 Å². The summed E-state index contributed by atoms with van der Waals surface area (Å²) in [6.07, 6.45) is 11.6. The summed E-state index contributed by atoms with van der Waals surface area (Å²) in [6, 6.07) is 0. The van der Waals surface area contributed by atoms with E-state index in [9.17, 15) is 0 Å². The van der Waals surface area contributed by atoms with Gasteiger partial charge in [-0.2, -0.15) is 0 Å². The molecular formula is C14H24. The molecule has 0 radical (unpaired) electrons. The second-order valence-electron chi connectivity index (χ2n) is 5.15. The highest BCUT2D eigenvalue weighted by molar-refractivity contribution is 5.11. The third-order valence-corrected chi connectivity index (χ3v) is 3.63. The zero-order valence-electron chi connectivity index (χ0n) is 10.0. The highest BCUT2D eigenvalue weighted by Crippen LogP contribution is 2.29. The average molecular weight is 192 g/mol. The van der Waals surface area contributed by atoms with Crippen LogP contribution in [0.1, 0.15) is 40.5 Å². The monoisotopic (exact) mass is 192 g/mol. The van der Waals surface area contributed by atoms with Crippen molar-refractivity contribution in [2.24, 2.45) is 23.7 Å². The first-order valence-electron chi connectivity index (χ1n) is 5.94. The summed E-state index contributed by atoms with van der Waals surface area (Å²) < 4.78 is 0. The van der Waals surface area contributed by atoms with Crippen LogP contribution in [-0.2, 0) is 0 Å². The predicted octanol–water partition coefficient (Wildman–Crippen LogP) is 4.44. The Morgan fingerprint density at radius 1 is 1.14 bits per heavy atom. The molecule has 0 N–H and O–H groups in total. The maximum Gasteiger partial charge on any atom is -0.0170 e. The zero-order valence-corrected chi connectivity index (χ0v) is 10.0. The van der Waals surface area contributed by atoms with Crippen LogP contribution < -0.4 is 0 Å². The Kier molecular flexibility index (Phi) is 4.44. The molecule has 0 amide bonds. The van der Waals surface area contributed by atoms with Crippen LogP contribution in [0.3, 0.4) is 0 Å². The quantitative estimate of drug-likeness (QED) is 0.618. The summed E-state index contributed by atoms with van der Waals surface area (Å²) in [5.74, 6) is 3.28. The molecule has 0 spiro atoms. The van der Waals surface area contributed by atoms with E-state index in [0.29, 0.717) is 0 Å². The minimum absolute atomic E-state index is 0.779. The molecule has 0 fully saturated rings. The Morgan fingerprint density at radius 3 is 2.36 bits per heavy atom. The largest absolute Gasteiger partial charge is 0.0840 e. The minimum Gasteiger partial charge on any atom is -0.0840 e. The fraction of sp³-hybridized carbons (Fsp3) is 0.714. The van der Waals surface area contributed by atoms with Crippen molar-refractivity contribution in [3.8, 4) is 0 Å². The Labute approximate surface area is 89.1 Å². The van der Waals surface area contributed by atoms with E-state index >= 15 is 0 Å². The minimum atomic E-state index is 0.779. The predicted molar refractivity (Wildman–Crippen MR) is 64.2 cm³/mol. The van der Waals surface area contributed by atoms with E-state index in [1.54, 1.807) is 0 Å². The number of hydrogen-bond donors (Lipinski definition) is 0. The van der Waals surface area contributed by atoms with Gasteiger partial charge in [-0.05, 0) is 36.5 Å². The first-order chi connectivity index (χ1) is 6.61.